The van der Waals surface area contributed by atoms with E-state index < -0.39 is 0 Å². The average Bonchev–Trinajstić information content (AvgIpc) is 2.33. The summed E-state index contributed by atoms with van der Waals surface area (Å²) in [6.45, 7) is 2.57. The summed E-state index contributed by atoms with van der Waals surface area (Å²) in [4.78, 5) is 6.23. The van der Waals surface area contributed by atoms with Crippen molar-refractivity contribution in [3.8, 4) is 0 Å². The molecule has 0 aromatic carbocycles. The van der Waals surface area contributed by atoms with E-state index in [0.29, 0.717) is 43.0 Å². The molecule has 96 valence electrons. The molecular formula is C11H18ClN3O2. The number of aromatic nitrogens is 1. The van der Waals surface area contributed by atoms with E-state index in [1.54, 1.807) is 26.4 Å². The summed E-state index contributed by atoms with van der Waals surface area (Å²) in [5.74, 6) is 0.673. The molecule has 0 saturated carbocycles. The van der Waals surface area contributed by atoms with E-state index in [-0.39, 0.29) is 0 Å². The van der Waals surface area contributed by atoms with Crippen molar-refractivity contribution >= 4 is 23.1 Å². The maximum Gasteiger partial charge on any atom is 0.153 e. The molecule has 0 radical (unpaired) electrons. The maximum atomic E-state index is 5.89. The average molecular weight is 260 g/mol. The third-order valence-corrected chi connectivity index (χ3v) is 2.51. The van der Waals surface area contributed by atoms with E-state index in [0.717, 1.165) is 0 Å². The molecule has 1 heterocycles. The largest absolute Gasteiger partial charge is 0.396 e. The van der Waals surface area contributed by atoms with Gasteiger partial charge in [-0.1, -0.05) is 11.6 Å². The van der Waals surface area contributed by atoms with Gasteiger partial charge in [-0.25, -0.2) is 4.98 Å². The number of nitrogens with zero attached hydrogens (tertiary/aromatic N) is 2. The number of nitrogens with two attached hydrogens (primary N) is 1. The van der Waals surface area contributed by atoms with Gasteiger partial charge in [0.1, 0.15) is 5.15 Å². The van der Waals surface area contributed by atoms with Crippen LogP contribution < -0.4 is 10.6 Å². The molecule has 0 unspecified atom stereocenters. The van der Waals surface area contributed by atoms with E-state index in [1.165, 1.54) is 0 Å². The van der Waals surface area contributed by atoms with Crippen molar-refractivity contribution in [2.45, 2.75) is 0 Å². The molecule has 1 rings (SSSR count). The summed E-state index contributed by atoms with van der Waals surface area (Å²) >= 11 is 5.87. The second-order valence-corrected chi connectivity index (χ2v) is 3.91. The highest BCUT2D eigenvalue weighted by Crippen LogP contribution is 2.22. The Balaban J connectivity index is 2.82. The van der Waals surface area contributed by atoms with Crippen LogP contribution in [0.25, 0.3) is 0 Å². The van der Waals surface area contributed by atoms with Crippen LogP contribution in [-0.2, 0) is 9.47 Å². The molecule has 0 saturated heterocycles. The molecule has 2 N–H and O–H groups in total. The minimum Gasteiger partial charge on any atom is -0.396 e. The first kappa shape index (κ1) is 14.0. The van der Waals surface area contributed by atoms with Gasteiger partial charge in [0.15, 0.2) is 5.82 Å². The van der Waals surface area contributed by atoms with Crippen LogP contribution in [0.1, 0.15) is 0 Å². The number of methoxy groups -OCH3 is 2. The first-order valence-electron chi connectivity index (χ1n) is 5.34. The van der Waals surface area contributed by atoms with Gasteiger partial charge in [-0.3, -0.25) is 0 Å². The van der Waals surface area contributed by atoms with Crippen molar-refractivity contribution in [1.29, 1.82) is 0 Å². The number of ether oxygens (including phenoxy) is 2. The van der Waals surface area contributed by atoms with Gasteiger partial charge < -0.3 is 20.1 Å². The molecule has 0 aliphatic carbocycles. The predicted octanol–water partition coefficient (Wildman–Crippen LogP) is 1.42. The van der Waals surface area contributed by atoms with Crippen LogP contribution in [0.5, 0.6) is 0 Å². The fraction of sp³-hybridized carbons (Fsp3) is 0.545. The minimum atomic E-state index is 0.425. The van der Waals surface area contributed by atoms with Gasteiger partial charge >= 0.3 is 0 Å². The topological polar surface area (TPSA) is 60.6 Å². The Hall–Kier alpha value is -1.04. The normalized spacial score (nSPS) is 10.5. The van der Waals surface area contributed by atoms with Crippen LogP contribution in [0.3, 0.4) is 0 Å². The summed E-state index contributed by atoms with van der Waals surface area (Å²) in [6.07, 6.45) is 0. The zero-order chi connectivity index (χ0) is 12.7. The van der Waals surface area contributed by atoms with Crippen LogP contribution in [0.4, 0.5) is 11.5 Å². The highest BCUT2D eigenvalue weighted by Gasteiger charge is 2.11. The van der Waals surface area contributed by atoms with Gasteiger partial charge in [0.25, 0.3) is 0 Å². The van der Waals surface area contributed by atoms with Crippen molar-refractivity contribution in [1.82, 2.24) is 4.98 Å². The van der Waals surface area contributed by atoms with E-state index in [1.807, 2.05) is 4.90 Å². The Morgan fingerprint density at radius 1 is 1.24 bits per heavy atom. The maximum absolute atomic E-state index is 5.89. The minimum absolute atomic E-state index is 0.425. The quantitative estimate of drug-likeness (QED) is 0.751. The second-order valence-electron chi connectivity index (χ2n) is 3.52. The lowest BCUT2D eigenvalue weighted by atomic mass is 10.3. The van der Waals surface area contributed by atoms with Crippen LogP contribution in [0, 0.1) is 0 Å². The zero-order valence-electron chi connectivity index (χ0n) is 10.1. The summed E-state index contributed by atoms with van der Waals surface area (Å²) in [5.41, 5.74) is 6.49. The second kappa shape index (κ2) is 7.32. The van der Waals surface area contributed by atoms with Gasteiger partial charge in [0.2, 0.25) is 0 Å². The first-order chi connectivity index (χ1) is 8.19. The van der Waals surface area contributed by atoms with Crippen LogP contribution >= 0.6 is 11.6 Å². The standard InChI is InChI=1S/C11H18ClN3O2/c1-16-7-5-15(6-8-17-2)11-9(13)3-4-10(12)14-11/h3-4H,5-8,13H2,1-2H3. The molecule has 5 nitrogen and oxygen atoms in total. The molecule has 17 heavy (non-hydrogen) atoms. The lowest BCUT2D eigenvalue weighted by molar-refractivity contribution is 0.190. The fourth-order valence-electron chi connectivity index (χ4n) is 1.42. The van der Waals surface area contributed by atoms with Crippen molar-refractivity contribution in [3.63, 3.8) is 0 Å². The molecule has 0 aliphatic rings. The highest BCUT2D eigenvalue weighted by atomic mass is 35.5. The number of hydrogen-bond acceptors (Lipinski definition) is 5. The highest BCUT2D eigenvalue weighted by molar-refractivity contribution is 6.29. The van der Waals surface area contributed by atoms with Crippen molar-refractivity contribution < 1.29 is 9.47 Å². The van der Waals surface area contributed by atoms with Gasteiger partial charge in [-0.15, -0.1) is 0 Å². The van der Waals surface area contributed by atoms with Crippen molar-refractivity contribution in [3.05, 3.63) is 17.3 Å². The molecule has 1 aromatic heterocycles. The lowest BCUT2D eigenvalue weighted by Crippen LogP contribution is -2.32. The molecule has 0 aliphatic heterocycles. The van der Waals surface area contributed by atoms with Gasteiger partial charge in [-0.05, 0) is 12.1 Å². The predicted molar refractivity (Wildman–Crippen MR) is 69.6 cm³/mol. The van der Waals surface area contributed by atoms with E-state index >= 15 is 0 Å². The number of pyridine rings is 1. The SMILES string of the molecule is COCCN(CCOC)c1nc(Cl)ccc1N. The number of hydrogen-bond donors (Lipinski definition) is 1. The molecular weight excluding hydrogens is 242 g/mol. The van der Waals surface area contributed by atoms with Gasteiger partial charge in [-0.2, -0.15) is 0 Å². The Morgan fingerprint density at radius 3 is 2.35 bits per heavy atom. The molecule has 0 amide bonds. The molecule has 1 aromatic rings. The summed E-state index contributed by atoms with van der Waals surface area (Å²) in [6, 6.07) is 3.42. The summed E-state index contributed by atoms with van der Waals surface area (Å²) in [7, 11) is 3.31. The smallest absolute Gasteiger partial charge is 0.153 e. The zero-order valence-corrected chi connectivity index (χ0v) is 10.9. The summed E-state index contributed by atoms with van der Waals surface area (Å²) in [5, 5.41) is 0.425. The molecule has 0 fully saturated rings. The molecule has 0 spiro atoms. The van der Waals surface area contributed by atoms with E-state index in [2.05, 4.69) is 4.98 Å². The molecule has 0 atom stereocenters. The first-order valence-corrected chi connectivity index (χ1v) is 5.71. The van der Waals surface area contributed by atoms with Crippen molar-refractivity contribution in [2.75, 3.05) is 51.2 Å². The Bertz CT molecular complexity index is 341. The molecule has 0 bridgehead atoms. The van der Waals surface area contributed by atoms with Crippen molar-refractivity contribution in [2.24, 2.45) is 0 Å². The van der Waals surface area contributed by atoms with Crippen LogP contribution in [0.2, 0.25) is 5.15 Å². The van der Waals surface area contributed by atoms with E-state index in [9.17, 15) is 0 Å². The molecule has 6 heteroatoms. The fourth-order valence-corrected chi connectivity index (χ4v) is 1.56. The van der Waals surface area contributed by atoms with E-state index in [4.69, 9.17) is 26.8 Å². The monoisotopic (exact) mass is 259 g/mol. The van der Waals surface area contributed by atoms with Gasteiger partial charge in [0, 0.05) is 27.3 Å². The number of halogens is 1. The number of nitrogen functional groups attached to an aromatic ring is 1. The van der Waals surface area contributed by atoms with Gasteiger partial charge in [0.05, 0.1) is 18.9 Å². The summed E-state index contributed by atoms with van der Waals surface area (Å²) < 4.78 is 10.1. The third kappa shape index (κ3) is 4.38. The Morgan fingerprint density at radius 2 is 1.82 bits per heavy atom. The van der Waals surface area contributed by atoms with Crippen LogP contribution in [-0.4, -0.2) is 45.5 Å². The lowest BCUT2D eigenvalue weighted by Gasteiger charge is -2.24. The number of rotatable bonds is 7. The third-order valence-electron chi connectivity index (χ3n) is 2.30. The Kier molecular flexibility index (Phi) is 6.04. The Labute approximate surface area is 106 Å². The number of anilines is 2. The van der Waals surface area contributed by atoms with Crippen LogP contribution in [0.15, 0.2) is 12.1 Å².